The third-order valence-corrected chi connectivity index (χ3v) is 1.79. The van der Waals surface area contributed by atoms with Gasteiger partial charge in [-0.3, -0.25) is 4.79 Å². The Morgan fingerprint density at radius 1 is 1.60 bits per heavy atom. The average Bonchev–Trinajstić information content (AvgIpc) is 2.62. The van der Waals surface area contributed by atoms with Gasteiger partial charge in [-0.05, 0) is 18.8 Å². The van der Waals surface area contributed by atoms with E-state index in [1.165, 1.54) is 17.9 Å². The Kier molecular flexibility index (Phi) is 1.19. The maximum Gasteiger partial charge on any atom is 0.267 e. The Labute approximate surface area is 58.9 Å². The quantitative estimate of drug-likeness (QED) is 0.552. The molecule has 0 aromatic rings. The Balaban J connectivity index is 1.90. The van der Waals surface area contributed by atoms with Gasteiger partial charge in [-0.2, -0.15) is 5.11 Å². The fraction of sp³-hybridized carbons (Fsp3) is 0.833. The fourth-order valence-electron chi connectivity index (χ4n) is 0.983. The third kappa shape index (κ3) is 1.01. The molecule has 1 heterocycles. The predicted molar refractivity (Wildman–Crippen MR) is 34.2 cm³/mol. The lowest BCUT2D eigenvalue weighted by Crippen LogP contribution is -2.24. The zero-order chi connectivity index (χ0) is 6.97. The van der Waals surface area contributed by atoms with Crippen LogP contribution in [-0.4, -0.2) is 24.0 Å². The second-order valence-corrected chi connectivity index (χ2v) is 2.81. The maximum atomic E-state index is 10.9. The van der Waals surface area contributed by atoms with Gasteiger partial charge in [-0.15, -0.1) is 0 Å². The van der Waals surface area contributed by atoms with E-state index in [4.69, 9.17) is 0 Å². The third-order valence-electron chi connectivity index (χ3n) is 1.79. The Morgan fingerprint density at radius 3 is 2.90 bits per heavy atom. The zero-order valence-electron chi connectivity index (χ0n) is 5.66. The van der Waals surface area contributed by atoms with Crippen LogP contribution in [0.2, 0.25) is 0 Å². The minimum Gasteiger partial charge on any atom is -0.271 e. The molecule has 1 aliphatic carbocycles. The molecule has 1 saturated carbocycles. The molecule has 1 amide bonds. The first-order chi connectivity index (χ1) is 4.86. The van der Waals surface area contributed by atoms with Crippen molar-refractivity contribution in [1.29, 1.82) is 0 Å². The molecule has 2 rings (SSSR count). The van der Waals surface area contributed by atoms with Crippen LogP contribution in [0.4, 0.5) is 0 Å². The van der Waals surface area contributed by atoms with Crippen molar-refractivity contribution >= 4 is 5.91 Å². The Hall–Kier alpha value is -0.930. The molecule has 2 aliphatic rings. The molecule has 54 valence electrons. The summed E-state index contributed by atoms with van der Waals surface area (Å²) in [6.07, 6.45) is 2.50. The minimum absolute atomic E-state index is 0.0481. The number of hydrogen-bond acceptors (Lipinski definition) is 3. The number of nitrogens with zero attached hydrogens (tertiary/aromatic N) is 3. The van der Waals surface area contributed by atoms with Gasteiger partial charge in [0.15, 0.2) is 0 Å². The first-order valence-corrected chi connectivity index (χ1v) is 3.54. The van der Waals surface area contributed by atoms with Crippen LogP contribution in [0, 0.1) is 5.92 Å². The maximum absolute atomic E-state index is 10.9. The molecule has 10 heavy (non-hydrogen) atoms. The largest absolute Gasteiger partial charge is 0.271 e. The number of hydrogen-bond donors (Lipinski definition) is 0. The van der Waals surface area contributed by atoms with E-state index in [1.54, 1.807) is 0 Å². The molecule has 0 spiro atoms. The first kappa shape index (κ1) is 5.82. The number of carbonyl (C=O) groups excluding carboxylic acids is 1. The normalized spacial score (nSPS) is 24.4. The summed E-state index contributed by atoms with van der Waals surface area (Å²) in [4.78, 5) is 10.9. The molecule has 0 bridgehead atoms. The van der Waals surface area contributed by atoms with Crippen LogP contribution in [0.15, 0.2) is 10.3 Å². The van der Waals surface area contributed by atoms with Crippen molar-refractivity contribution in [2.45, 2.75) is 12.8 Å². The van der Waals surface area contributed by atoms with Crippen LogP contribution in [0.25, 0.3) is 0 Å². The van der Waals surface area contributed by atoms with E-state index in [0.29, 0.717) is 5.92 Å². The van der Waals surface area contributed by atoms with Crippen molar-refractivity contribution in [1.82, 2.24) is 5.01 Å². The van der Waals surface area contributed by atoms with Crippen LogP contribution in [-0.2, 0) is 4.79 Å². The number of carbonyl (C=O) groups is 1. The van der Waals surface area contributed by atoms with Crippen molar-refractivity contribution in [3.8, 4) is 0 Å². The summed E-state index contributed by atoms with van der Waals surface area (Å²) in [5.41, 5.74) is 0. The molecule has 0 saturated heterocycles. The second-order valence-electron chi connectivity index (χ2n) is 2.81. The highest BCUT2D eigenvalue weighted by molar-refractivity contribution is 5.79. The van der Waals surface area contributed by atoms with Gasteiger partial charge in [0.25, 0.3) is 5.91 Å². The van der Waals surface area contributed by atoms with E-state index in [1.807, 2.05) is 0 Å². The molecule has 0 radical (unpaired) electrons. The molecule has 0 N–H and O–H groups in total. The summed E-state index contributed by atoms with van der Waals surface area (Å²) >= 11 is 0. The molecular weight excluding hydrogens is 130 g/mol. The van der Waals surface area contributed by atoms with Crippen molar-refractivity contribution in [3.63, 3.8) is 0 Å². The summed E-state index contributed by atoms with van der Waals surface area (Å²) in [5.74, 6) is 0.757. The second kappa shape index (κ2) is 2.04. The van der Waals surface area contributed by atoms with Gasteiger partial charge in [0.05, 0.1) is 0 Å². The highest BCUT2D eigenvalue weighted by atomic mass is 16.2. The number of amides is 1. The monoisotopic (exact) mass is 139 g/mol. The van der Waals surface area contributed by atoms with Crippen molar-refractivity contribution < 1.29 is 4.79 Å². The summed E-state index contributed by atoms with van der Waals surface area (Å²) < 4.78 is 0. The zero-order valence-corrected chi connectivity index (χ0v) is 5.66. The minimum atomic E-state index is 0.0481. The molecule has 0 aromatic heterocycles. The average molecular weight is 139 g/mol. The van der Waals surface area contributed by atoms with Crippen LogP contribution in [0.5, 0.6) is 0 Å². The summed E-state index contributed by atoms with van der Waals surface area (Å²) in [6, 6.07) is 0. The van der Waals surface area contributed by atoms with Crippen molar-refractivity contribution in [2.75, 3.05) is 13.1 Å². The van der Waals surface area contributed by atoms with E-state index in [-0.39, 0.29) is 12.5 Å². The van der Waals surface area contributed by atoms with Gasteiger partial charge in [-0.1, -0.05) is 5.22 Å². The molecule has 4 nitrogen and oxygen atoms in total. The van der Waals surface area contributed by atoms with E-state index in [0.717, 1.165) is 6.54 Å². The van der Waals surface area contributed by atoms with E-state index in [9.17, 15) is 4.79 Å². The van der Waals surface area contributed by atoms with Gasteiger partial charge >= 0.3 is 0 Å². The molecule has 0 unspecified atom stereocenters. The van der Waals surface area contributed by atoms with Crippen LogP contribution >= 0.6 is 0 Å². The van der Waals surface area contributed by atoms with Crippen LogP contribution in [0.3, 0.4) is 0 Å². The van der Waals surface area contributed by atoms with E-state index in [2.05, 4.69) is 10.3 Å². The summed E-state index contributed by atoms with van der Waals surface area (Å²) in [7, 11) is 0. The molecule has 1 fully saturated rings. The van der Waals surface area contributed by atoms with Crippen molar-refractivity contribution in [2.24, 2.45) is 16.3 Å². The van der Waals surface area contributed by atoms with Gasteiger partial charge in [0.2, 0.25) is 0 Å². The number of rotatable bonds is 2. The van der Waals surface area contributed by atoms with Crippen molar-refractivity contribution in [3.05, 3.63) is 0 Å². The first-order valence-electron chi connectivity index (χ1n) is 3.54. The summed E-state index contributed by atoms with van der Waals surface area (Å²) in [5, 5.41) is 8.82. The highest BCUT2D eigenvalue weighted by Gasteiger charge is 2.28. The fourth-order valence-corrected chi connectivity index (χ4v) is 0.983. The Morgan fingerprint density at radius 2 is 2.40 bits per heavy atom. The molecule has 0 atom stereocenters. The van der Waals surface area contributed by atoms with Gasteiger partial charge in [0, 0.05) is 6.54 Å². The van der Waals surface area contributed by atoms with Gasteiger partial charge in [-0.25, -0.2) is 5.01 Å². The van der Waals surface area contributed by atoms with Gasteiger partial charge < -0.3 is 0 Å². The van der Waals surface area contributed by atoms with E-state index >= 15 is 0 Å². The topological polar surface area (TPSA) is 45.0 Å². The molecule has 0 aromatic carbocycles. The van der Waals surface area contributed by atoms with Gasteiger partial charge in [0.1, 0.15) is 6.54 Å². The smallest absolute Gasteiger partial charge is 0.267 e. The summed E-state index contributed by atoms with van der Waals surface area (Å²) in [6.45, 7) is 1.05. The molecule has 1 aliphatic heterocycles. The van der Waals surface area contributed by atoms with Crippen LogP contribution in [0.1, 0.15) is 12.8 Å². The molecule has 4 heteroatoms. The van der Waals surface area contributed by atoms with Crippen LogP contribution < -0.4 is 0 Å². The standard InChI is InChI=1S/C6H9N3O/c10-6-3-7-8-9(6)4-5-1-2-5/h5H,1-4H2. The molecular formula is C6H9N3O. The lowest BCUT2D eigenvalue weighted by atomic mass is 10.4. The highest BCUT2D eigenvalue weighted by Crippen LogP contribution is 2.30. The van der Waals surface area contributed by atoms with E-state index < -0.39 is 0 Å². The SMILES string of the molecule is O=C1CN=NN1CC1CC1. The Bertz CT molecular complexity index is 185. The predicted octanol–water partition coefficient (Wildman–Crippen LogP) is 0.606. The lowest BCUT2D eigenvalue weighted by Gasteiger charge is -2.06. The lowest BCUT2D eigenvalue weighted by molar-refractivity contribution is -0.127.